The molecule has 1 heterocycles. The number of hydrogen-bond acceptors (Lipinski definition) is 4. The molecule has 1 aliphatic rings. The number of ether oxygens (including phenoxy) is 1. The molecule has 4 rings (SSSR count). The number of halogens is 1. The van der Waals surface area contributed by atoms with Crippen LogP contribution in [-0.2, 0) is 17.8 Å². The lowest BCUT2D eigenvalue weighted by Gasteiger charge is -2.21. The zero-order valence-corrected chi connectivity index (χ0v) is 16.5. The fourth-order valence-corrected chi connectivity index (χ4v) is 3.73. The number of benzene rings is 3. The second kappa shape index (κ2) is 8.18. The molecule has 0 fully saturated rings. The van der Waals surface area contributed by atoms with Gasteiger partial charge in [0.2, 0.25) is 0 Å². The van der Waals surface area contributed by atoms with Gasteiger partial charge in [-0.15, -0.1) is 0 Å². The Labute approximate surface area is 177 Å². The van der Waals surface area contributed by atoms with Crippen molar-refractivity contribution in [1.29, 1.82) is 0 Å². The Morgan fingerprint density at radius 2 is 1.70 bits per heavy atom. The quantitative estimate of drug-likeness (QED) is 0.620. The Hall–Kier alpha value is -3.35. The molecule has 0 saturated heterocycles. The third-order valence-corrected chi connectivity index (χ3v) is 5.23. The maximum absolute atomic E-state index is 13.2. The van der Waals surface area contributed by atoms with Gasteiger partial charge >= 0.3 is 5.97 Å². The number of rotatable bonds is 6. The number of carboxylic acid groups (broad SMARTS) is 1. The van der Waals surface area contributed by atoms with Gasteiger partial charge in [0.25, 0.3) is 5.91 Å². The number of hydrogen-bond donors (Lipinski definition) is 2. The van der Waals surface area contributed by atoms with Gasteiger partial charge in [0.15, 0.2) is 6.23 Å². The normalized spacial score (nSPS) is 15.2. The first kappa shape index (κ1) is 19.9. The molecule has 152 valence electrons. The summed E-state index contributed by atoms with van der Waals surface area (Å²) >= 11 is 6.29. The highest BCUT2D eigenvalue weighted by atomic mass is 35.5. The lowest BCUT2D eigenvalue weighted by molar-refractivity contribution is -0.136. The zero-order chi connectivity index (χ0) is 21.3. The molecular weight excluding hydrogens is 406 g/mol. The van der Waals surface area contributed by atoms with E-state index in [0.717, 1.165) is 5.56 Å². The van der Waals surface area contributed by atoms with Crippen LogP contribution in [0.4, 0.5) is 5.69 Å². The predicted octanol–water partition coefficient (Wildman–Crippen LogP) is 4.20. The van der Waals surface area contributed by atoms with Crippen molar-refractivity contribution in [2.75, 3.05) is 4.90 Å². The number of carbonyl (C=O) groups excluding carboxylic acids is 1. The topological polar surface area (TPSA) is 87.1 Å². The molecule has 0 radical (unpaired) electrons. The van der Waals surface area contributed by atoms with Crippen molar-refractivity contribution in [3.8, 4) is 5.75 Å². The van der Waals surface area contributed by atoms with E-state index in [1.807, 2.05) is 30.3 Å². The minimum absolute atomic E-state index is 0.125. The van der Waals surface area contributed by atoms with E-state index in [2.05, 4.69) is 0 Å². The molecule has 7 heteroatoms. The molecule has 1 atom stereocenters. The number of amides is 1. The number of aliphatic hydroxyl groups excluding tert-OH is 1. The third kappa shape index (κ3) is 3.75. The van der Waals surface area contributed by atoms with Crippen LogP contribution in [-0.4, -0.2) is 22.1 Å². The highest BCUT2D eigenvalue weighted by Gasteiger charge is 2.40. The monoisotopic (exact) mass is 423 g/mol. The summed E-state index contributed by atoms with van der Waals surface area (Å²) in [7, 11) is 0. The van der Waals surface area contributed by atoms with Crippen molar-refractivity contribution in [3.63, 3.8) is 0 Å². The zero-order valence-electron chi connectivity index (χ0n) is 15.8. The van der Waals surface area contributed by atoms with Gasteiger partial charge in [-0.25, -0.2) is 0 Å². The second-order valence-corrected chi connectivity index (χ2v) is 7.30. The number of nitrogens with zero attached hydrogens (tertiary/aromatic N) is 1. The van der Waals surface area contributed by atoms with Crippen molar-refractivity contribution in [3.05, 3.63) is 94.0 Å². The van der Waals surface area contributed by atoms with E-state index in [0.29, 0.717) is 22.6 Å². The van der Waals surface area contributed by atoms with Crippen molar-refractivity contribution < 1.29 is 24.5 Å². The van der Waals surface area contributed by atoms with Gasteiger partial charge in [0, 0.05) is 16.3 Å². The lowest BCUT2D eigenvalue weighted by Crippen LogP contribution is -2.27. The molecule has 30 heavy (non-hydrogen) atoms. The van der Waals surface area contributed by atoms with E-state index in [-0.39, 0.29) is 23.6 Å². The number of carboxylic acids is 1. The summed E-state index contributed by atoms with van der Waals surface area (Å²) in [4.78, 5) is 25.3. The molecule has 0 bridgehead atoms. The summed E-state index contributed by atoms with van der Waals surface area (Å²) in [6.45, 7) is 0.266. The number of fused-ring (bicyclic) bond motifs is 1. The third-order valence-electron chi connectivity index (χ3n) is 4.90. The van der Waals surface area contributed by atoms with Crippen molar-refractivity contribution >= 4 is 29.2 Å². The molecule has 0 saturated carbocycles. The molecule has 0 spiro atoms. The molecular formula is C23H18ClNO5. The van der Waals surface area contributed by atoms with Crippen LogP contribution in [0.5, 0.6) is 5.75 Å². The van der Waals surface area contributed by atoms with Gasteiger partial charge in [-0.05, 0) is 35.4 Å². The average molecular weight is 424 g/mol. The predicted molar refractivity (Wildman–Crippen MR) is 112 cm³/mol. The van der Waals surface area contributed by atoms with E-state index < -0.39 is 18.1 Å². The van der Waals surface area contributed by atoms with Crippen LogP contribution in [0.2, 0.25) is 5.02 Å². The number of aliphatic hydroxyl groups is 1. The van der Waals surface area contributed by atoms with Crippen LogP contribution in [0.15, 0.2) is 66.7 Å². The Bertz CT molecular complexity index is 1100. The summed E-state index contributed by atoms with van der Waals surface area (Å²) in [5, 5.41) is 20.0. The summed E-state index contributed by atoms with van der Waals surface area (Å²) < 4.78 is 5.87. The van der Waals surface area contributed by atoms with Crippen LogP contribution in [0.1, 0.15) is 33.3 Å². The molecule has 1 aliphatic heterocycles. The fraction of sp³-hybridized carbons (Fsp3) is 0.130. The largest absolute Gasteiger partial charge is 0.488 e. The second-order valence-electron chi connectivity index (χ2n) is 6.89. The molecule has 6 nitrogen and oxygen atoms in total. The van der Waals surface area contributed by atoms with E-state index in [1.165, 1.54) is 4.90 Å². The van der Waals surface area contributed by atoms with Crippen LogP contribution in [0.3, 0.4) is 0 Å². The summed E-state index contributed by atoms with van der Waals surface area (Å²) in [6, 6.07) is 19.2. The molecule has 3 aromatic carbocycles. The van der Waals surface area contributed by atoms with Gasteiger partial charge < -0.3 is 14.9 Å². The van der Waals surface area contributed by atoms with Gasteiger partial charge in [-0.1, -0.05) is 54.1 Å². The molecule has 2 N–H and O–H groups in total. The van der Waals surface area contributed by atoms with Crippen LogP contribution < -0.4 is 9.64 Å². The number of aliphatic carboxylic acids is 1. The molecule has 1 amide bonds. The van der Waals surface area contributed by atoms with Crippen molar-refractivity contribution in [2.24, 2.45) is 0 Å². The number of carbonyl (C=O) groups is 2. The van der Waals surface area contributed by atoms with E-state index in [9.17, 15) is 14.7 Å². The van der Waals surface area contributed by atoms with Crippen LogP contribution in [0, 0.1) is 0 Å². The van der Waals surface area contributed by atoms with Gasteiger partial charge in [-0.2, -0.15) is 0 Å². The summed E-state index contributed by atoms with van der Waals surface area (Å²) in [5.74, 6) is -1.04. The standard InChI is InChI=1S/C23H18ClNO5/c24-17-10-11-18(30-13-15-4-2-1-3-5-15)21-20(17)22(28)25(23(21)29)16-8-6-14(7-9-16)12-19(26)27/h1-11,22,28H,12-13H2,(H,26,27). The minimum Gasteiger partial charge on any atom is -0.488 e. The van der Waals surface area contributed by atoms with Crippen molar-refractivity contribution in [2.45, 2.75) is 19.3 Å². The first-order valence-corrected chi connectivity index (χ1v) is 9.65. The smallest absolute Gasteiger partial charge is 0.307 e. The van der Waals surface area contributed by atoms with E-state index in [1.54, 1.807) is 36.4 Å². The fourth-order valence-electron chi connectivity index (χ4n) is 3.47. The summed E-state index contributed by atoms with van der Waals surface area (Å²) in [6.07, 6.45) is -1.40. The van der Waals surface area contributed by atoms with E-state index in [4.69, 9.17) is 21.4 Å². The maximum atomic E-state index is 13.2. The van der Waals surface area contributed by atoms with Crippen LogP contribution >= 0.6 is 11.6 Å². The maximum Gasteiger partial charge on any atom is 0.307 e. The highest BCUT2D eigenvalue weighted by Crippen LogP contribution is 2.43. The lowest BCUT2D eigenvalue weighted by atomic mass is 10.1. The Kier molecular flexibility index (Phi) is 5.44. The van der Waals surface area contributed by atoms with E-state index >= 15 is 0 Å². The molecule has 3 aromatic rings. The van der Waals surface area contributed by atoms with Gasteiger partial charge in [-0.3, -0.25) is 14.5 Å². The first-order valence-electron chi connectivity index (χ1n) is 9.27. The SMILES string of the molecule is O=C(O)Cc1ccc(N2C(=O)c3c(OCc4ccccc4)ccc(Cl)c3C2O)cc1. The average Bonchev–Trinajstić information content (AvgIpc) is 3.00. The van der Waals surface area contributed by atoms with Gasteiger partial charge in [0.1, 0.15) is 12.4 Å². The number of anilines is 1. The van der Waals surface area contributed by atoms with Crippen molar-refractivity contribution in [1.82, 2.24) is 0 Å². The first-order chi connectivity index (χ1) is 14.5. The van der Waals surface area contributed by atoms with Crippen LogP contribution in [0.25, 0.3) is 0 Å². The molecule has 0 aromatic heterocycles. The molecule has 1 unspecified atom stereocenters. The van der Waals surface area contributed by atoms with Gasteiger partial charge in [0.05, 0.1) is 12.0 Å². The Morgan fingerprint density at radius 3 is 2.37 bits per heavy atom. The Balaban J connectivity index is 1.64. The molecule has 0 aliphatic carbocycles. The highest BCUT2D eigenvalue weighted by molar-refractivity contribution is 6.33. The minimum atomic E-state index is -1.27. The summed E-state index contributed by atoms with van der Waals surface area (Å²) in [5.41, 5.74) is 2.48. The Morgan fingerprint density at radius 1 is 1.00 bits per heavy atom.